The number of anilines is 1. The van der Waals surface area contributed by atoms with Crippen molar-refractivity contribution in [2.24, 2.45) is 0 Å². The maximum absolute atomic E-state index is 12.2. The predicted octanol–water partition coefficient (Wildman–Crippen LogP) is 3.51. The Morgan fingerprint density at radius 3 is 2.92 bits per heavy atom. The SMILES string of the molecule is Cc1sc2nc(CCC(=O)Nc3nc(C4CC4)cs3)[nH]c(=O)c2c1C. The molecule has 8 heteroatoms. The van der Waals surface area contributed by atoms with Gasteiger partial charge in [0.15, 0.2) is 5.13 Å². The molecule has 0 aliphatic heterocycles. The van der Waals surface area contributed by atoms with Crippen molar-refractivity contribution in [1.82, 2.24) is 15.0 Å². The van der Waals surface area contributed by atoms with Crippen LogP contribution in [0.5, 0.6) is 0 Å². The molecule has 3 aromatic heterocycles. The van der Waals surface area contributed by atoms with E-state index in [-0.39, 0.29) is 17.9 Å². The lowest BCUT2D eigenvalue weighted by Crippen LogP contribution is -2.16. The normalized spacial score (nSPS) is 14.2. The first-order valence-electron chi connectivity index (χ1n) is 8.25. The highest BCUT2D eigenvalue weighted by Crippen LogP contribution is 2.40. The van der Waals surface area contributed by atoms with Gasteiger partial charge in [-0.25, -0.2) is 9.97 Å². The third kappa shape index (κ3) is 3.36. The topological polar surface area (TPSA) is 87.7 Å². The van der Waals surface area contributed by atoms with Crippen molar-refractivity contribution in [3.05, 3.63) is 37.7 Å². The summed E-state index contributed by atoms with van der Waals surface area (Å²) >= 11 is 2.98. The molecule has 1 fully saturated rings. The molecule has 0 radical (unpaired) electrons. The van der Waals surface area contributed by atoms with Crippen LogP contribution in [0.3, 0.4) is 0 Å². The Balaban J connectivity index is 1.42. The fraction of sp³-hybridized carbons (Fsp3) is 0.412. The van der Waals surface area contributed by atoms with Crippen molar-refractivity contribution in [2.45, 2.75) is 45.4 Å². The van der Waals surface area contributed by atoms with Crippen LogP contribution in [0.2, 0.25) is 0 Å². The Hall–Kier alpha value is -2.06. The van der Waals surface area contributed by atoms with Gasteiger partial charge in [-0.2, -0.15) is 0 Å². The fourth-order valence-corrected chi connectivity index (χ4v) is 4.60. The van der Waals surface area contributed by atoms with Crippen molar-refractivity contribution >= 4 is 43.9 Å². The molecule has 0 spiro atoms. The fourth-order valence-electron chi connectivity index (χ4n) is 2.74. The maximum atomic E-state index is 12.2. The number of hydrogen-bond acceptors (Lipinski definition) is 6. The van der Waals surface area contributed by atoms with Gasteiger partial charge in [-0.05, 0) is 32.3 Å². The van der Waals surface area contributed by atoms with E-state index in [4.69, 9.17) is 0 Å². The number of thiazole rings is 1. The summed E-state index contributed by atoms with van der Waals surface area (Å²) in [6.45, 7) is 3.92. The molecular formula is C17H18N4O2S2. The van der Waals surface area contributed by atoms with Gasteiger partial charge >= 0.3 is 0 Å². The van der Waals surface area contributed by atoms with E-state index in [1.54, 1.807) is 0 Å². The number of carbonyl (C=O) groups is 1. The molecule has 25 heavy (non-hydrogen) atoms. The third-order valence-corrected chi connectivity index (χ3v) is 6.32. The second kappa shape index (κ2) is 6.34. The van der Waals surface area contributed by atoms with Crippen molar-refractivity contribution in [1.29, 1.82) is 0 Å². The second-order valence-electron chi connectivity index (χ2n) is 6.38. The standard InChI is InChI=1S/C17H18N4O2S2/c1-8-9(2)25-16-14(8)15(23)19-12(20-16)5-6-13(22)21-17-18-11(7-24-17)10-3-4-10/h7,10H,3-6H2,1-2H3,(H,18,21,22)(H,19,20,23). The molecule has 0 saturated heterocycles. The van der Waals surface area contributed by atoms with Gasteiger partial charge in [0.2, 0.25) is 5.91 Å². The molecule has 3 aromatic rings. The number of thiophene rings is 1. The minimum atomic E-state index is -0.128. The van der Waals surface area contributed by atoms with Gasteiger partial charge in [0.1, 0.15) is 10.7 Å². The number of nitrogens with zero attached hydrogens (tertiary/aromatic N) is 2. The van der Waals surface area contributed by atoms with E-state index >= 15 is 0 Å². The average molecular weight is 374 g/mol. The summed E-state index contributed by atoms with van der Waals surface area (Å²) in [6.07, 6.45) is 3.05. The first-order chi connectivity index (χ1) is 12.0. The molecular weight excluding hydrogens is 356 g/mol. The van der Waals surface area contributed by atoms with Crippen LogP contribution in [0.1, 0.15) is 47.1 Å². The van der Waals surface area contributed by atoms with Crippen LogP contribution < -0.4 is 10.9 Å². The van der Waals surface area contributed by atoms with E-state index in [1.807, 2.05) is 19.2 Å². The smallest absolute Gasteiger partial charge is 0.259 e. The molecule has 3 heterocycles. The molecule has 6 nitrogen and oxygen atoms in total. The molecule has 1 amide bonds. The largest absolute Gasteiger partial charge is 0.310 e. The average Bonchev–Trinajstić information content (AvgIpc) is 3.25. The highest BCUT2D eigenvalue weighted by molar-refractivity contribution is 7.18. The minimum Gasteiger partial charge on any atom is -0.310 e. The molecule has 2 N–H and O–H groups in total. The zero-order valence-electron chi connectivity index (χ0n) is 14.0. The summed E-state index contributed by atoms with van der Waals surface area (Å²) in [6, 6.07) is 0. The summed E-state index contributed by atoms with van der Waals surface area (Å²) < 4.78 is 0. The van der Waals surface area contributed by atoms with Gasteiger partial charge in [-0.1, -0.05) is 0 Å². The molecule has 0 bridgehead atoms. The number of H-pyrrole nitrogens is 1. The first-order valence-corrected chi connectivity index (χ1v) is 9.95. The number of carbonyl (C=O) groups excluding carboxylic acids is 1. The summed E-state index contributed by atoms with van der Waals surface area (Å²) in [5.41, 5.74) is 1.93. The van der Waals surface area contributed by atoms with Crippen molar-refractivity contribution in [3.8, 4) is 0 Å². The first kappa shape index (κ1) is 16.4. The van der Waals surface area contributed by atoms with E-state index in [1.165, 1.54) is 35.5 Å². The van der Waals surface area contributed by atoms with Crippen LogP contribution in [0.15, 0.2) is 10.2 Å². The predicted molar refractivity (Wildman–Crippen MR) is 101 cm³/mol. The number of hydrogen-bond donors (Lipinski definition) is 2. The quantitative estimate of drug-likeness (QED) is 0.715. The minimum absolute atomic E-state index is 0.113. The lowest BCUT2D eigenvalue weighted by Gasteiger charge is -2.02. The van der Waals surface area contributed by atoms with Crippen LogP contribution >= 0.6 is 22.7 Å². The highest BCUT2D eigenvalue weighted by atomic mass is 32.1. The third-order valence-electron chi connectivity index (χ3n) is 4.44. The molecule has 1 aliphatic carbocycles. The molecule has 0 unspecified atom stereocenters. The molecule has 0 atom stereocenters. The van der Waals surface area contributed by atoms with Gasteiger partial charge in [-0.15, -0.1) is 22.7 Å². The number of fused-ring (bicyclic) bond motifs is 1. The summed E-state index contributed by atoms with van der Waals surface area (Å²) in [4.78, 5) is 38.0. The summed E-state index contributed by atoms with van der Waals surface area (Å²) in [5.74, 6) is 1.02. The van der Waals surface area contributed by atoms with Gasteiger partial charge in [0, 0.05) is 29.0 Å². The Morgan fingerprint density at radius 1 is 1.36 bits per heavy atom. The van der Waals surface area contributed by atoms with Crippen LogP contribution in [-0.4, -0.2) is 20.9 Å². The van der Waals surface area contributed by atoms with Crippen molar-refractivity contribution < 1.29 is 4.79 Å². The number of aryl methyl sites for hydroxylation is 3. The number of amides is 1. The number of aromatic nitrogens is 3. The Bertz CT molecular complexity index is 1010. The van der Waals surface area contributed by atoms with Gasteiger partial charge in [0.05, 0.1) is 11.1 Å². The zero-order valence-corrected chi connectivity index (χ0v) is 15.6. The Labute approximate surface area is 152 Å². The van der Waals surface area contributed by atoms with Crippen molar-refractivity contribution in [2.75, 3.05) is 5.32 Å². The molecule has 4 rings (SSSR count). The molecule has 1 saturated carbocycles. The van der Waals surface area contributed by atoms with Crippen LogP contribution in [-0.2, 0) is 11.2 Å². The van der Waals surface area contributed by atoms with E-state index < -0.39 is 0 Å². The summed E-state index contributed by atoms with van der Waals surface area (Å²) in [7, 11) is 0. The van der Waals surface area contributed by atoms with Crippen LogP contribution in [0.25, 0.3) is 10.2 Å². The highest BCUT2D eigenvalue weighted by Gasteiger charge is 2.26. The Kier molecular flexibility index (Phi) is 4.16. The second-order valence-corrected chi connectivity index (χ2v) is 8.44. The molecule has 130 valence electrons. The Morgan fingerprint density at radius 2 is 2.16 bits per heavy atom. The zero-order chi connectivity index (χ0) is 17.6. The van der Waals surface area contributed by atoms with E-state index in [0.29, 0.717) is 28.7 Å². The van der Waals surface area contributed by atoms with Crippen molar-refractivity contribution in [3.63, 3.8) is 0 Å². The molecule has 0 aromatic carbocycles. The van der Waals surface area contributed by atoms with Crippen LogP contribution in [0, 0.1) is 13.8 Å². The van der Waals surface area contributed by atoms with E-state index in [0.717, 1.165) is 21.0 Å². The van der Waals surface area contributed by atoms with Gasteiger partial charge < -0.3 is 10.3 Å². The van der Waals surface area contributed by atoms with Crippen LogP contribution in [0.4, 0.5) is 5.13 Å². The van der Waals surface area contributed by atoms with E-state index in [2.05, 4.69) is 20.3 Å². The lowest BCUT2D eigenvalue weighted by atomic mass is 10.2. The lowest BCUT2D eigenvalue weighted by molar-refractivity contribution is -0.116. The monoisotopic (exact) mass is 374 g/mol. The number of rotatable bonds is 5. The summed E-state index contributed by atoms with van der Waals surface area (Å²) in [5, 5.41) is 6.15. The van der Waals surface area contributed by atoms with Gasteiger partial charge in [-0.3, -0.25) is 9.59 Å². The number of nitrogens with one attached hydrogen (secondary N) is 2. The molecule has 1 aliphatic rings. The van der Waals surface area contributed by atoms with Gasteiger partial charge in [0.25, 0.3) is 5.56 Å². The van der Waals surface area contributed by atoms with E-state index in [9.17, 15) is 9.59 Å². The maximum Gasteiger partial charge on any atom is 0.259 e. The number of aromatic amines is 1.